The minimum atomic E-state index is -1.07. The van der Waals surface area contributed by atoms with Crippen molar-refractivity contribution in [2.45, 2.75) is 45.7 Å². The monoisotopic (exact) mass is 255 g/mol. The Hall–Kier alpha value is -1.33. The highest BCUT2D eigenvalue weighted by Gasteiger charge is 2.25. The molecule has 5 heteroatoms. The molecule has 0 bridgehead atoms. The highest BCUT2D eigenvalue weighted by molar-refractivity contribution is 5.84. The number of aromatic carboxylic acids is 1. The molecule has 0 saturated heterocycles. The van der Waals surface area contributed by atoms with Crippen molar-refractivity contribution in [3.8, 4) is 0 Å². The molecule has 1 aromatic rings. The van der Waals surface area contributed by atoms with E-state index in [9.17, 15) is 9.90 Å². The molecule has 3 N–H and O–H groups in total. The van der Waals surface area contributed by atoms with Crippen LogP contribution < -0.4 is 5.32 Å². The Morgan fingerprint density at radius 3 is 2.44 bits per heavy atom. The first kappa shape index (κ1) is 14.7. The number of hydrogen-bond donors (Lipinski definition) is 3. The second kappa shape index (κ2) is 6.02. The molecule has 1 aromatic heterocycles. The van der Waals surface area contributed by atoms with Crippen LogP contribution >= 0.6 is 0 Å². The lowest BCUT2D eigenvalue weighted by Crippen LogP contribution is -2.47. The van der Waals surface area contributed by atoms with Crippen molar-refractivity contribution in [2.24, 2.45) is 0 Å². The van der Waals surface area contributed by atoms with E-state index in [-0.39, 0.29) is 17.9 Å². The van der Waals surface area contributed by atoms with Crippen LogP contribution in [0.4, 0.5) is 0 Å². The number of aliphatic hydroxyl groups is 1. The summed E-state index contributed by atoms with van der Waals surface area (Å²) in [5, 5.41) is 21.6. The maximum atomic E-state index is 10.8. The maximum absolute atomic E-state index is 10.8. The topological polar surface area (TPSA) is 82.7 Å². The van der Waals surface area contributed by atoms with Crippen LogP contribution in [-0.2, 0) is 6.54 Å². The molecule has 0 aromatic carbocycles. The molecule has 1 heterocycles. The second-order valence-corrected chi connectivity index (χ2v) is 4.50. The van der Waals surface area contributed by atoms with E-state index in [0.717, 1.165) is 18.4 Å². The lowest BCUT2D eigenvalue weighted by atomic mass is 9.93. The number of carboxylic acid groups (broad SMARTS) is 1. The number of furan rings is 1. The molecule has 1 rings (SSSR count). The van der Waals surface area contributed by atoms with Gasteiger partial charge in [-0.1, -0.05) is 13.8 Å². The van der Waals surface area contributed by atoms with Gasteiger partial charge in [-0.15, -0.1) is 0 Å². The fourth-order valence-corrected chi connectivity index (χ4v) is 1.86. The van der Waals surface area contributed by atoms with Crippen molar-refractivity contribution in [1.29, 1.82) is 0 Å². The summed E-state index contributed by atoms with van der Waals surface area (Å²) in [6.07, 6.45) is 1.62. The molecule has 0 spiro atoms. The van der Waals surface area contributed by atoms with Crippen LogP contribution in [0.3, 0.4) is 0 Å². The zero-order chi connectivity index (χ0) is 13.8. The van der Waals surface area contributed by atoms with Gasteiger partial charge in [0, 0.05) is 17.6 Å². The molecule has 0 radical (unpaired) electrons. The predicted molar refractivity (Wildman–Crippen MR) is 67.6 cm³/mol. The average Bonchev–Trinajstić information content (AvgIpc) is 2.74. The Balaban J connectivity index is 2.76. The van der Waals surface area contributed by atoms with Crippen LogP contribution in [0.25, 0.3) is 0 Å². The van der Waals surface area contributed by atoms with Gasteiger partial charge in [0.2, 0.25) is 5.76 Å². The van der Waals surface area contributed by atoms with Crippen LogP contribution in [0.1, 0.15) is 48.6 Å². The first-order chi connectivity index (χ1) is 8.48. The molecule has 0 saturated carbocycles. The number of aryl methyl sites for hydroxylation is 1. The molecule has 0 aliphatic carbocycles. The first-order valence-electron chi connectivity index (χ1n) is 6.16. The highest BCUT2D eigenvalue weighted by atomic mass is 16.4. The lowest BCUT2D eigenvalue weighted by Gasteiger charge is -2.30. The van der Waals surface area contributed by atoms with E-state index in [0.29, 0.717) is 12.3 Å². The minimum absolute atomic E-state index is 0.0492. The molecule has 0 unspecified atom stereocenters. The lowest BCUT2D eigenvalue weighted by molar-refractivity contribution is 0.0661. The Morgan fingerprint density at radius 1 is 1.44 bits per heavy atom. The smallest absolute Gasteiger partial charge is 0.371 e. The van der Waals surface area contributed by atoms with Gasteiger partial charge in [0.05, 0.1) is 6.61 Å². The fraction of sp³-hybridized carbons (Fsp3) is 0.615. The summed E-state index contributed by atoms with van der Waals surface area (Å²) >= 11 is 0. The molecule has 0 aliphatic heterocycles. The predicted octanol–water partition coefficient (Wildman–Crippen LogP) is 1.93. The van der Waals surface area contributed by atoms with Crippen molar-refractivity contribution in [2.75, 3.05) is 6.61 Å². The number of carbonyl (C=O) groups is 1. The quantitative estimate of drug-likeness (QED) is 0.693. The Morgan fingerprint density at radius 2 is 2.06 bits per heavy atom. The summed E-state index contributed by atoms with van der Waals surface area (Å²) in [6.45, 7) is 6.31. The van der Waals surface area contributed by atoms with Gasteiger partial charge < -0.3 is 19.9 Å². The van der Waals surface area contributed by atoms with Crippen molar-refractivity contribution < 1.29 is 19.4 Å². The number of hydrogen-bond acceptors (Lipinski definition) is 4. The Labute approximate surface area is 107 Å². The molecule has 102 valence electrons. The van der Waals surface area contributed by atoms with Gasteiger partial charge >= 0.3 is 5.97 Å². The normalized spacial score (nSPS) is 11.8. The summed E-state index contributed by atoms with van der Waals surface area (Å²) in [4.78, 5) is 10.8. The van der Waals surface area contributed by atoms with Gasteiger partial charge in [0.15, 0.2) is 0 Å². The molecule has 18 heavy (non-hydrogen) atoms. The zero-order valence-electron chi connectivity index (χ0n) is 11.1. The van der Waals surface area contributed by atoms with Gasteiger partial charge in [0.25, 0.3) is 0 Å². The summed E-state index contributed by atoms with van der Waals surface area (Å²) in [5.74, 6) is -0.519. The van der Waals surface area contributed by atoms with Crippen molar-refractivity contribution in [3.05, 3.63) is 23.2 Å². The van der Waals surface area contributed by atoms with Gasteiger partial charge in [-0.2, -0.15) is 0 Å². The van der Waals surface area contributed by atoms with Crippen LogP contribution in [-0.4, -0.2) is 28.3 Å². The Bertz CT molecular complexity index is 399. The highest BCUT2D eigenvalue weighted by Crippen LogP contribution is 2.18. The summed E-state index contributed by atoms with van der Waals surface area (Å²) in [7, 11) is 0. The van der Waals surface area contributed by atoms with E-state index < -0.39 is 5.97 Å². The molecule has 0 amide bonds. The molecule has 5 nitrogen and oxygen atoms in total. The first-order valence-corrected chi connectivity index (χ1v) is 6.16. The van der Waals surface area contributed by atoms with Crippen LogP contribution in [0, 0.1) is 6.92 Å². The summed E-state index contributed by atoms with van der Waals surface area (Å²) in [6, 6.07) is 1.53. The number of rotatable bonds is 7. The van der Waals surface area contributed by atoms with Gasteiger partial charge in [-0.25, -0.2) is 4.79 Å². The van der Waals surface area contributed by atoms with Crippen LogP contribution in [0.15, 0.2) is 10.5 Å². The summed E-state index contributed by atoms with van der Waals surface area (Å²) < 4.78 is 5.14. The van der Waals surface area contributed by atoms with Gasteiger partial charge in [0.1, 0.15) is 5.76 Å². The van der Waals surface area contributed by atoms with Gasteiger partial charge in [-0.05, 0) is 25.8 Å². The van der Waals surface area contributed by atoms with E-state index >= 15 is 0 Å². The average molecular weight is 255 g/mol. The maximum Gasteiger partial charge on any atom is 0.371 e. The third-order valence-corrected chi connectivity index (χ3v) is 3.54. The van der Waals surface area contributed by atoms with Gasteiger partial charge in [-0.3, -0.25) is 0 Å². The third-order valence-electron chi connectivity index (χ3n) is 3.54. The van der Waals surface area contributed by atoms with E-state index in [1.165, 1.54) is 6.07 Å². The van der Waals surface area contributed by atoms with Crippen molar-refractivity contribution >= 4 is 5.97 Å². The second-order valence-electron chi connectivity index (χ2n) is 4.50. The fourth-order valence-electron chi connectivity index (χ4n) is 1.86. The van der Waals surface area contributed by atoms with E-state index in [1.54, 1.807) is 6.92 Å². The van der Waals surface area contributed by atoms with E-state index in [2.05, 4.69) is 5.32 Å². The molecule has 0 fully saturated rings. The van der Waals surface area contributed by atoms with E-state index in [4.69, 9.17) is 9.52 Å². The Kier molecular flexibility index (Phi) is 4.93. The molecule has 0 aliphatic rings. The van der Waals surface area contributed by atoms with Crippen LogP contribution in [0.2, 0.25) is 0 Å². The SMILES string of the molecule is CCC(CC)(CO)NCc1cc(C(=O)O)oc1C. The standard InChI is InChI=1S/C13H21NO4/c1-4-13(5-2,8-15)14-7-10-6-11(12(16)17)18-9(10)3/h6,14-15H,4-5,7-8H2,1-3H3,(H,16,17). The molecular formula is C13H21NO4. The van der Waals surface area contributed by atoms with Crippen LogP contribution in [0.5, 0.6) is 0 Å². The van der Waals surface area contributed by atoms with Crippen molar-refractivity contribution in [1.82, 2.24) is 5.32 Å². The number of carboxylic acids is 1. The zero-order valence-corrected chi connectivity index (χ0v) is 11.1. The largest absolute Gasteiger partial charge is 0.475 e. The number of nitrogens with one attached hydrogen (secondary N) is 1. The minimum Gasteiger partial charge on any atom is -0.475 e. The van der Waals surface area contributed by atoms with E-state index in [1.807, 2.05) is 13.8 Å². The summed E-state index contributed by atoms with van der Waals surface area (Å²) in [5.41, 5.74) is 0.500. The molecular weight excluding hydrogens is 234 g/mol. The number of aliphatic hydroxyl groups excluding tert-OH is 1. The third kappa shape index (κ3) is 3.11. The van der Waals surface area contributed by atoms with Crippen molar-refractivity contribution in [3.63, 3.8) is 0 Å². The molecule has 0 atom stereocenters.